The van der Waals surface area contributed by atoms with E-state index in [1.54, 1.807) is 0 Å². The van der Waals surface area contributed by atoms with E-state index in [0.717, 1.165) is 17.8 Å². The van der Waals surface area contributed by atoms with Crippen LogP contribution in [0.5, 0.6) is 0 Å². The van der Waals surface area contributed by atoms with Gasteiger partial charge in [-0.15, -0.1) is 0 Å². The van der Waals surface area contributed by atoms with Crippen LogP contribution in [0.25, 0.3) is 0 Å². The Morgan fingerprint density at radius 2 is 1.94 bits per heavy atom. The molecule has 17 heavy (non-hydrogen) atoms. The average molecular weight is 235 g/mol. The van der Waals surface area contributed by atoms with Gasteiger partial charge in [-0.2, -0.15) is 0 Å². The lowest BCUT2D eigenvalue weighted by Crippen LogP contribution is -2.48. The fourth-order valence-electron chi connectivity index (χ4n) is 5.37. The molecule has 0 radical (unpaired) electrons. The highest BCUT2D eigenvalue weighted by Gasteiger charge is 2.45. The second-order valence-electron chi connectivity index (χ2n) is 8.20. The third kappa shape index (κ3) is 2.41. The maximum atomic E-state index is 6.75. The first-order valence-corrected chi connectivity index (χ1v) is 7.75. The van der Waals surface area contributed by atoms with Gasteiger partial charge < -0.3 is 5.73 Å². The maximum Gasteiger partial charge on any atom is 0.0162 e. The molecule has 4 unspecified atom stereocenters. The smallest absolute Gasteiger partial charge is 0.0162 e. The molecule has 0 aliphatic heterocycles. The van der Waals surface area contributed by atoms with Crippen molar-refractivity contribution >= 4 is 0 Å². The van der Waals surface area contributed by atoms with Crippen molar-refractivity contribution < 1.29 is 0 Å². The maximum absolute atomic E-state index is 6.75. The Morgan fingerprint density at radius 3 is 2.53 bits per heavy atom. The lowest BCUT2D eigenvalue weighted by molar-refractivity contribution is 0.115. The third-order valence-corrected chi connectivity index (χ3v) is 5.91. The van der Waals surface area contributed by atoms with Gasteiger partial charge in [-0.25, -0.2) is 0 Å². The molecule has 0 aromatic rings. The summed E-state index contributed by atoms with van der Waals surface area (Å²) >= 11 is 0. The Kier molecular flexibility index (Phi) is 2.81. The highest BCUT2D eigenvalue weighted by Crippen LogP contribution is 2.52. The van der Waals surface area contributed by atoms with E-state index in [-0.39, 0.29) is 5.54 Å². The summed E-state index contributed by atoms with van der Waals surface area (Å²) in [5, 5.41) is 0. The van der Waals surface area contributed by atoms with Crippen molar-refractivity contribution in [1.82, 2.24) is 0 Å². The molecule has 0 amide bonds. The van der Waals surface area contributed by atoms with Gasteiger partial charge in [-0.1, -0.05) is 26.7 Å². The van der Waals surface area contributed by atoms with Crippen LogP contribution in [0.15, 0.2) is 0 Å². The third-order valence-electron chi connectivity index (χ3n) is 5.91. The van der Waals surface area contributed by atoms with Crippen molar-refractivity contribution in [2.24, 2.45) is 28.9 Å². The van der Waals surface area contributed by atoms with Crippen molar-refractivity contribution in [2.45, 2.75) is 77.2 Å². The molecule has 3 aliphatic rings. The Morgan fingerprint density at radius 1 is 1.12 bits per heavy atom. The summed E-state index contributed by atoms with van der Waals surface area (Å²) in [6.45, 7) is 4.82. The molecular weight excluding hydrogens is 206 g/mol. The molecule has 0 spiro atoms. The van der Waals surface area contributed by atoms with Gasteiger partial charge in [0.1, 0.15) is 0 Å². The van der Waals surface area contributed by atoms with Crippen molar-refractivity contribution in [1.29, 1.82) is 0 Å². The van der Waals surface area contributed by atoms with Gasteiger partial charge in [-0.3, -0.25) is 0 Å². The first kappa shape index (κ1) is 12.0. The zero-order valence-electron chi connectivity index (χ0n) is 11.7. The van der Waals surface area contributed by atoms with Crippen molar-refractivity contribution in [2.75, 3.05) is 0 Å². The molecule has 0 aromatic carbocycles. The second-order valence-corrected chi connectivity index (χ2v) is 8.20. The standard InChI is InChI=1S/C16H29N/c1-15(2)6-3-7-16(17,11-15)10-14-9-12-4-5-13(14)8-12/h12-14H,3-11,17H2,1-2H3. The Bertz CT molecular complexity index is 296. The van der Waals surface area contributed by atoms with E-state index in [9.17, 15) is 0 Å². The molecule has 0 saturated heterocycles. The quantitative estimate of drug-likeness (QED) is 0.766. The van der Waals surface area contributed by atoms with Gasteiger partial charge in [0.25, 0.3) is 0 Å². The largest absolute Gasteiger partial charge is 0.325 e. The normalized spacial score (nSPS) is 48.5. The number of hydrogen-bond acceptors (Lipinski definition) is 1. The van der Waals surface area contributed by atoms with E-state index in [1.807, 2.05) is 0 Å². The molecule has 4 atom stereocenters. The van der Waals surface area contributed by atoms with Gasteiger partial charge in [0.2, 0.25) is 0 Å². The van der Waals surface area contributed by atoms with Crippen LogP contribution in [0.1, 0.15) is 71.6 Å². The van der Waals surface area contributed by atoms with Gasteiger partial charge in [-0.05, 0) is 68.1 Å². The molecule has 2 N–H and O–H groups in total. The molecule has 98 valence electrons. The molecule has 3 saturated carbocycles. The minimum Gasteiger partial charge on any atom is -0.325 e. The molecule has 1 heteroatoms. The summed E-state index contributed by atoms with van der Waals surface area (Å²) in [6, 6.07) is 0. The molecular formula is C16H29N. The Labute approximate surface area is 107 Å². The van der Waals surface area contributed by atoms with E-state index in [4.69, 9.17) is 5.73 Å². The monoisotopic (exact) mass is 235 g/mol. The number of nitrogens with two attached hydrogens (primary N) is 1. The SMILES string of the molecule is CC1(C)CCCC(N)(CC2CC3CCC2C3)C1. The first-order chi connectivity index (χ1) is 7.96. The van der Waals surface area contributed by atoms with Gasteiger partial charge in [0.05, 0.1) is 0 Å². The van der Waals surface area contributed by atoms with Crippen LogP contribution in [-0.4, -0.2) is 5.54 Å². The van der Waals surface area contributed by atoms with E-state index in [1.165, 1.54) is 57.8 Å². The van der Waals surface area contributed by atoms with E-state index in [2.05, 4.69) is 13.8 Å². The van der Waals surface area contributed by atoms with Crippen LogP contribution in [-0.2, 0) is 0 Å². The second kappa shape index (κ2) is 3.98. The summed E-state index contributed by atoms with van der Waals surface area (Å²) in [5.74, 6) is 3.10. The highest BCUT2D eigenvalue weighted by molar-refractivity contribution is 4.99. The first-order valence-electron chi connectivity index (χ1n) is 7.75. The lowest BCUT2D eigenvalue weighted by atomic mass is 9.64. The summed E-state index contributed by atoms with van der Waals surface area (Å²) in [6.07, 6.45) is 12.7. The fraction of sp³-hybridized carbons (Fsp3) is 1.00. The highest BCUT2D eigenvalue weighted by atomic mass is 14.8. The molecule has 3 aliphatic carbocycles. The van der Waals surface area contributed by atoms with Crippen molar-refractivity contribution in [3.63, 3.8) is 0 Å². The fourth-order valence-corrected chi connectivity index (χ4v) is 5.37. The van der Waals surface area contributed by atoms with E-state index in [0.29, 0.717) is 5.41 Å². The molecule has 0 heterocycles. The van der Waals surface area contributed by atoms with Crippen LogP contribution in [0, 0.1) is 23.2 Å². The molecule has 3 rings (SSSR count). The number of fused-ring (bicyclic) bond motifs is 2. The zero-order chi connectivity index (χ0) is 12.1. The predicted molar refractivity (Wildman–Crippen MR) is 72.7 cm³/mol. The minimum atomic E-state index is 0.177. The molecule has 2 bridgehead atoms. The van der Waals surface area contributed by atoms with Crippen LogP contribution in [0.3, 0.4) is 0 Å². The minimum absolute atomic E-state index is 0.177. The molecule has 3 fully saturated rings. The van der Waals surface area contributed by atoms with Crippen LogP contribution in [0.4, 0.5) is 0 Å². The predicted octanol–water partition coefficient (Wildman–Crippen LogP) is 4.11. The lowest BCUT2D eigenvalue weighted by Gasteiger charge is -2.45. The summed E-state index contributed by atoms with van der Waals surface area (Å²) in [4.78, 5) is 0. The van der Waals surface area contributed by atoms with Crippen LogP contribution in [0.2, 0.25) is 0 Å². The van der Waals surface area contributed by atoms with Gasteiger partial charge >= 0.3 is 0 Å². The Hall–Kier alpha value is -0.0400. The number of hydrogen-bond donors (Lipinski definition) is 1. The van der Waals surface area contributed by atoms with Crippen LogP contribution < -0.4 is 5.73 Å². The van der Waals surface area contributed by atoms with Crippen molar-refractivity contribution in [3.05, 3.63) is 0 Å². The molecule has 0 aromatic heterocycles. The van der Waals surface area contributed by atoms with Gasteiger partial charge in [0, 0.05) is 5.54 Å². The van der Waals surface area contributed by atoms with E-state index >= 15 is 0 Å². The zero-order valence-corrected chi connectivity index (χ0v) is 11.7. The topological polar surface area (TPSA) is 26.0 Å². The Balaban J connectivity index is 1.64. The summed E-state index contributed by atoms with van der Waals surface area (Å²) in [5.41, 5.74) is 7.41. The van der Waals surface area contributed by atoms with Crippen molar-refractivity contribution in [3.8, 4) is 0 Å². The summed E-state index contributed by atoms with van der Waals surface area (Å²) < 4.78 is 0. The molecule has 1 nitrogen and oxygen atoms in total. The van der Waals surface area contributed by atoms with Gasteiger partial charge in [0.15, 0.2) is 0 Å². The van der Waals surface area contributed by atoms with Crippen LogP contribution >= 0.6 is 0 Å². The number of rotatable bonds is 2. The van der Waals surface area contributed by atoms with E-state index < -0.39 is 0 Å². The average Bonchev–Trinajstić information content (AvgIpc) is 2.75. The summed E-state index contributed by atoms with van der Waals surface area (Å²) in [7, 11) is 0.